The van der Waals surface area contributed by atoms with Crippen LogP contribution in [0.4, 0.5) is 5.69 Å². The van der Waals surface area contributed by atoms with Crippen LogP contribution in [-0.2, 0) is 0 Å². The summed E-state index contributed by atoms with van der Waals surface area (Å²) >= 11 is 7.81. The van der Waals surface area contributed by atoms with Crippen molar-refractivity contribution >= 4 is 34.3 Å². The predicted molar refractivity (Wildman–Crippen MR) is 105 cm³/mol. The maximum atomic E-state index is 6.04. The van der Waals surface area contributed by atoms with Gasteiger partial charge in [-0.15, -0.1) is 11.3 Å². The normalized spacial score (nSPS) is 16.8. The van der Waals surface area contributed by atoms with Gasteiger partial charge in [0.1, 0.15) is 5.75 Å². The van der Waals surface area contributed by atoms with E-state index >= 15 is 0 Å². The Hall–Kier alpha value is -2.30. The van der Waals surface area contributed by atoms with Crippen LogP contribution in [0, 0.1) is 0 Å². The van der Waals surface area contributed by atoms with Crippen molar-refractivity contribution in [2.45, 2.75) is 12.5 Å². The van der Waals surface area contributed by atoms with E-state index in [0.29, 0.717) is 0 Å². The highest BCUT2D eigenvalue weighted by molar-refractivity contribution is 7.10. The number of hydrazone groups is 1. The van der Waals surface area contributed by atoms with E-state index in [-0.39, 0.29) is 6.04 Å². The molecule has 3 nitrogen and oxygen atoms in total. The van der Waals surface area contributed by atoms with Crippen molar-refractivity contribution in [1.29, 1.82) is 0 Å². The summed E-state index contributed by atoms with van der Waals surface area (Å²) in [6, 6.07) is 20.4. The fourth-order valence-corrected chi connectivity index (χ4v) is 3.94. The molecule has 2 heterocycles. The van der Waals surface area contributed by atoms with Crippen LogP contribution in [0.5, 0.6) is 5.75 Å². The van der Waals surface area contributed by atoms with Crippen molar-refractivity contribution in [2.24, 2.45) is 5.10 Å². The van der Waals surface area contributed by atoms with Crippen molar-refractivity contribution in [3.05, 3.63) is 81.5 Å². The van der Waals surface area contributed by atoms with Crippen molar-refractivity contribution in [1.82, 2.24) is 0 Å². The van der Waals surface area contributed by atoms with Crippen LogP contribution in [0.2, 0.25) is 5.02 Å². The van der Waals surface area contributed by atoms with Gasteiger partial charge in [0.15, 0.2) is 0 Å². The third kappa shape index (κ3) is 3.28. The summed E-state index contributed by atoms with van der Waals surface area (Å²) in [6.07, 6.45) is 0.871. The molecule has 2 aromatic carbocycles. The Balaban J connectivity index is 1.71. The van der Waals surface area contributed by atoms with E-state index < -0.39 is 0 Å². The molecule has 0 aliphatic carbocycles. The second-order valence-corrected chi connectivity index (χ2v) is 7.25. The van der Waals surface area contributed by atoms with E-state index in [0.717, 1.165) is 34.2 Å². The van der Waals surface area contributed by atoms with Gasteiger partial charge in [0.25, 0.3) is 0 Å². The number of rotatable bonds is 4. The van der Waals surface area contributed by atoms with E-state index in [9.17, 15) is 0 Å². The first-order valence-electron chi connectivity index (χ1n) is 8.05. The van der Waals surface area contributed by atoms with E-state index in [1.54, 1.807) is 18.4 Å². The molecule has 126 valence electrons. The summed E-state index contributed by atoms with van der Waals surface area (Å²) in [4.78, 5) is 1.31. The number of nitrogens with zero attached hydrogens (tertiary/aromatic N) is 2. The van der Waals surface area contributed by atoms with Crippen molar-refractivity contribution in [3.63, 3.8) is 0 Å². The predicted octanol–water partition coefficient (Wildman–Crippen LogP) is 5.77. The van der Waals surface area contributed by atoms with Crippen molar-refractivity contribution in [3.8, 4) is 5.75 Å². The van der Waals surface area contributed by atoms with Gasteiger partial charge in [-0.2, -0.15) is 5.10 Å². The van der Waals surface area contributed by atoms with Gasteiger partial charge in [0, 0.05) is 16.3 Å². The molecule has 0 amide bonds. The lowest BCUT2D eigenvalue weighted by atomic mass is 10.0. The number of ether oxygens (including phenoxy) is 1. The highest BCUT2D eigenvalue weighted by atomic mass is 35.5. The molecule has 4 rings (SSSR count). The zero-order chi connectivity index (χ0) is 17.2. The van der Waals surface area contributed by atoms with Crippen molar-refractivity contribution in [2.75, 3.05) is 12.1 Å². The smallest absolute Gasteiger partial charge is 0.118 e. The maximum Gasteiger partial charge on any atom is 0.118 e. The second-order valence-electron chi connectivity index (χ2n) is 5.83. The second kappa shape index (κ2) is 6.90. The third-order valence-corrected chi connectivity index (χ3v) is 5.52. The van der Waals surface area contributed by atoms with Crippen molar-refractivity contribution < 1.29 is 4.74 Å². The molecular weight excluding hydrogens is 352 g/mol. The first-order chi connectivity index (χ1) is 12.2. The Labute approximate surface area is 156 Å². The maximum absolute atomic E-state index is 6.04. The molecule has 3 aromatic rings. The number of hydrogen-bond donors (Lipinski definition) is 0. The monoisotopic (exact) mass is 368 g/mol. The van der Waals surface area contributed by atoms with Gasteiger partial charge >= 0.3 is 0 Å². The number of benzene rings is 2. The van der Waals surface area contributed by atoms with Gasteiger partial charge in [-0.25, -0.2) is 0 Å². The zero-order valence-corrected chi connectivity index (χ0v) is 15.3. The molecule has 1 aromatic heterocycles. The fourth-order valence-electron chi connectivity index (χ4n) is 3.00. The third-order valence-electron chi connectivity index (χ3n) is 4.30. The molecule has 0 fully saturated rings. The zero-order valence-electron chi connectivity index (χ0n) is 13.7. The number of thiophene rings is 1. The lowest BCUT2D eigenvalue weighted by Crippen LogP contribution is -2.17. The first-order valence-corrected chi connectivity index (χ1v) is 9.30. The highest BCUT2D eigenvalue weighted by Gasteiger charge is 2.30. The average Bonchev–Trinajstić information content (AvgIpc) is 3.32. The minimum atomic E-state index is 0.207. The summed E-state index contributed by atoms with van der Waals surface area (Å²) in [5.41, 5.74) is 3.25. The molecule has 5 heteroatoms. The van der Waals surface area contributed by atoms with Gasteiger partial charge in [0.05, 0.1) is 24.6 Å². The van der Waals surface area contributed by atoms with Crippen LogP contribution in [-0.4, -0.2) is 12.8 Å². The standard InChI is InChI=1S/C20H17ClN2OS/c1-24-17-10-4-14(5-11-17)18-13-19(20-3-2-12-25-20)23(22-18)16-8-6-15(21)7-9-16/h2-12,19H,13H2,1H3/t19-/m1/s1. The van der Waals surface area contributed by atoms with E-state index in [4.69, 9.17) is 21.4 Å². The molecule has 25 heavy (non-hydrogen) atoms. The van der Waals surface area contributed by atoms with Gasteiger partial charge in [-0.1, -0.05) is 17.7 Å². The van der Waals surface area contributed by atoms with Crippen LogP contribution >= 0.6 is 22.9 Å². The highest BCUT2D eigenvalue weighted by Crippen LogP contribution is 2.38. The largest absolute Gasteiger partial charge is 0.497 e. The van der Waals surface area contributed by atoms with E-state index in [1.807, 2.05) is 36.4 Å². The Kier molecular flexibility index (Phi) is 4.47. The summed E-state index contributed by atoms with van der Waals surface area (Å²) in [6.45, 7) is 0. The summed E-state index contributed by atoms with van der Waals surface area (Å²) in [5.74, 6) is 0.853. The molecule has 0 bridgehead atoms. The number of anilines is 1. The molecular formula is C20H17ClN2OS. The van der Waals surface area contributed by atoms with E-state index in [1.165, 1.54) is 4.88 Å². The quantitative estimate of drug-likeness (QED) is 0.584. The van der Waals surface area contributed by atoms with Gasteiger partial charge in [-0.3, -0.25) is 5.01 Å². The molecule has 0 saturated heterocycles. The fraction of sp³-hybridized carbons (Fsp3) is 0.150. The Morgan fingerprint density at radius 1 is 1.08 bits per heavy atom. The molecule has 1 atom stereocenters. The van der Waals surface area contributed by atoms with Crippen LogP contribution in [0.3, 0.4) is 0 Å². The van der Waals surface area contributed by atoms with Gasteiger partial charge in [-0.05, 0) is 65.5 Å². The molecule has 1 aliphatic heterocycles. The molecule has 0 saturated carbocycles. The molecule has 0 N–H and O–H groups in total. The number of methoxy groups -OCH3 is 1. The molecule has 1 aliphatic rings. The van der Waals surface area contributed by atoms with Crippen LogP contribution < -0.4 is 9.75 Å². The van der Waals surface area contributed by atoms with Crippen LogP contribution in [0.25, 0.3) is 0 Å². The van der Waals surface area contributed by atoms with Crippen LogP contribution in [0.15, 0.2) is 71.1 Å². The number of halogens is 1. The van der Waals surface area contributed by atoms with Gasteiger partial charge < -0.3 is 4.74 Å². The SMILES string of the molecule is COc1ccc(C2=NN(c3ccc(Cl)cc3)[C@@H](c3cccs3)C2)cc1. The minimum Gasteiger partial charge on any atom is -0.497 e. The lowest BCUT2D eigenvalue weighted by Gasteiger charge is -2.22. The van der Waals surface area contributed by atoms with Gasteiger partial charge in [0.2, 0.25) is 0 Å². The number of hydrogen-bond acceptors (Lipinski definition) is 4. The lowest BCUT2D eigenvalue weighted by molar-refractivity contribution is 0.415. The average molecular weight is 369 g/mol. The molecule has 0 unspecified atom stereocenters. The summed E-state index contributed by atoms with van der Waals surface area (Å²) < 4.78 is 5.25. The molecule has 0 spiro atoms. The Bertz CT molecular complexity index is 873. The van der Waals surface area contributed by atoms with Crippen LogP contribution in [0.1, 0.15) is 22.9 Å². The first kappa shape index (κ1) is 16.2. The topological polar surface area (TPSA) is 24.8 Å². The van der Waals surface area contributed by atoms with E-state index in [2.05, 4.69) is 34.7 Å². The minimum absolute atomic E-state index is 0.207. The molecule has 0 radical (unpaired) electrons. The Morgan fingerprint density at radius 3 is 2.48 bits per heavy atom. The summed E-state index contributed by atoms with van der Waals surface area (Å²) in [5, 5.41) is 9.87. The summed E-state index contributed by atoms with van der Waals surface area (Å²) in [7, 11) is 1.68. The Morgan fingerprint density at radius 2 is 1.84 bits per heavy atom.